The Balaban J connectivity index is 1.69. The summed E-state index contributed by atoms with van der Waals surface area (Å²) in [6, 6.07) is 17.7. The summed E-state index contributed by atoms with van der Waals surface area (Å²) < 4.78 is 19.5. The van der Waals surface area contributed by atoms with E-state index in [1.807, 2.05) is 59.3 Å². The number of methoxy groups -OCH3 is 1. The van der Waals surface area contributed by atoms with Crippen molar-refractivity contribution in [3.63, 3.8) is 0 Å². The van der Waals surface area contributed by atoms with Gasteiger partial charge in [-0.3, -0.25) is 4.90 Å². The zero-order valence-corrected chi connectivity index (χ0v) is 21.3. The van der Waals surface area contributed by atoms with E-state index in [4.69, 9.17) is 19.3 Å². The maximum absolute atomic E-state index is 10.7. The third-order valence-corrected chi connectivity index (χ3v) is 6.24. The normalized spacial score (nSPS) is 14.1. The molecule has 7 heteroatoms. The van der Waals surface area contributed by atoms with Crippen LogP contribution in [0.4, 0.5) is 0 Å². The molecule has 36 heavy (non-hydrogen) atoms. The third kappa shape index (κ3) is 6.75. The molecule has 1 aromatic heterocycles. The van der Waals surface area contributed by atoms with E-state index in [-0.39, 0.29) is 6.61 Å². The molecule has 0 bridgehead atoms. The minimum atomic E-state index is -0.587. The van der Waals surface area contributed by atoms with Gasteiger partial charge in [0.05, 0.1) is 43.4 Å². The van der Waals surface area contributed by atoms with Crippen molar-refractivity contribution in [2.24, 2.45) is 5.92 Å². The van der Waals surface area contributed by atoms with Crippen LogP contribution in [0.1, 0.15) is 31.0 Å². The molecule has 1 aliphatic carbocycles. The molecule has 1 atom stereocenters. The fourth-order valence-electron chi connectivity index (χ4n) is 4.31. The predicted molar refractivity (Wildman–Crippen MR) is 141 cm³/mol. The maximum atomic E-state index is 10.7. The second-order valence-electron chi connectivity index (χ2n) is 9.20. The SMILES string of the molecule is C=CCOCC(O)CN(Cc1c(CC)nn(-c2ccccc2)c1Oc1ccccc1OC)CC1CC1. The lowest BCUT2D eigenvalue weighted by atomic mass is 10.1. The molecule has 0 spiro atoms. The van der Waals surface area contributed by atoms with E-state index in [9.17, 15) is 5.11 Å². The van der Waals surface area contributed by atoms with Crippen LogP contribution in [0.25, 0.3) is 5.69 Å². The Labute approximate surface area is 213 Å². The molecule has 1 fully saturated rings. The number of aryl methyl sites for hydroxylation is 1. The smallest absolute Gasteiger partial charge is 0.227 e. The van der Waals surface area contributed by atoms with Crippen LogP contribution >= 0.6 is 0 Å². The van der Waals surface area contributed by atoms with Crippen LogP contribution in [-0.4, -0.2) is 59.3 Å². The average Bonchev–Trinajstić information content (AvgIpc) is 3.65. The molecule has 0 radical (unpaired) electrons. The Morgan fingerprint density at radius 3 is 2.53 bits per heavy atom. The van der Waals surface area contributed by atoms with E-state index in [0.717, 1.165) is 29.9 Å². The summed E-state index contributed by atoms with van der Waals surface area (Å²) in [5.41, 5.74) is 2.92. The molecule has 0 saturated heterocycles. The fourth-order valence-corrected chi connectivity index (χ4v) is 4.31. The summed E-state index contributed by atoms with van der Waals surface area (Å²) in [5, 5.41) is 15.6. The zero-order chi connectivity index (χ0) is 25.3. The number of nitrogens with zero attached hydrogens (tertiary/aromatic N) is 3. The summed E-state index contributed by atoms with van der Waals surface area (Å²) in [5.74, 6) is 2.62. The first-order valence-corrected chi connectivity index (χ1v) is 12.7. The van der Waals surface area contributed by atoms with Gasteiger partial charge in [-0.25, -0.2) is 4.68 Å². The van der Waals surface area contributed by atoms with Gasteiger partial charge in [0.1, 0.15) is 0 Å². The largest absolute Gasteiger partial charge is 0.493 e. The van der Waals surface area contributed by atoms with Crippen molar-refractivity contribution in [3.8, 4) is 23.1 Å². The monoisotopic (exact) mass is 491 g/mol. The van der Waals surface area contributed by atoms with E-state index in [1.54, 1.807) is 13.2 Å². The van der Waals surface area contributed by atoms with Crippen LogP contribution in [0.15, 0.2) is 67.3 Å². The van der Waals surface area contributed by atoms with Gasteiger partial charge in [0.25, 0.3) is 0 Å². The van der Waals surface area contributed by atoms with Crippen molar-refractivity contribution >= 4 is 0 Å². The number of benzene rings is 2. The highest BCUT2D eigenvalue weighted by molar-refractivity contribution is 5.47. The molecule has 1 unspecified atom stereocenters. The molecular weight excluding hydrogens is 454 g/mol. The van der Waals surface area contributed by atoms with Gasteiger partial charge in [-0.15, -0.1) is 6.58 Å². The summed E-state index contributed by atoms with van der Waals surface area (Å²) in [6.45, 7) is 8.55. The number of hydrogen-bond acceptors (Lipinski definition) is 6. The lowest BCUT2D eigenvalue weighted by Crippen LogP contribution is -2.36. The summed E-state index contributed by atoms with van der Waals surface area (Å²) >= 11 is 0. The van der Waals surface area contributed by atoms with Crippen LogP contribution < -0.4 is 9.47 Å². The second kappa shape index (κ2) is 12.7. The first-order chi connectivity index (χ1) is 17.6. The number of rotatable bonds is 15. The van der Waals surface area contributed by atoms with E-state index in [1.165, 1.54) is 12.8 Å². The predicted octanol–water partition coefficient (Wildman–Crippen LogP) is 5.01. The number of aliphatic hydroxyl groups is 1. The number of para-hydroxylation sites is 3. The lowest BCUT2D eigenvalue weighted by molar-refractivity contribution is 0.0235. The first-order valence-electron chi connectivity index (χ1n) is 12.7. The molecule has 1 heterocycles. The van der Waals surface area contributed by atoms with Crippen LogP contribution in [0.5, 0.6) is 17.4 Å². The Morgan fingerprint density at radius 1 is 1.14 bits per heavy atom. The van der Waals surface area contributed by atoms with Gasteiger partial charge < -0.3 is 19.3 Å². The third-order valence-electron chi connectivity index (χ3n) is 6.24. The molecular formula is C29H37N3O4. The summed E-state index contributed by atoms with van der Waals surface area (Å²) in [7, 11) is 1.64. The highest BCUT2D eigenvalue weighted by Gasteiger charge is 2.29. The molecule has 3 aromatic rings. The molecule has 7 nitrogen and oxygen atoms in total. The van der Waals surface area contributed by atoms with E-state index >= 15 is 0 Å². The minimum Gasteiger partial charge on any atom is -0.493 e. The molecule has 2 aromatic carbocycles. The van der Waals surface area contributed by atoms with Crippen LogP contribution in [0, 0.1) is 5.92 Å². The molecule has 0 amide bonds. The fraction of sp³-hybridized carbons (Fsp3) is 0.414. The highest BCUT2D eigenvalue weighted by atomic mass is 16.5. The Kier molecular flexibility index (Phi) is 9.17. The standard InChI is InChI=1S/C29H37N3O4/c1-4-17-35-21-24(33)19-31(18-22-15-16-22)20-25-26(5-2)30-32(23-11-7-6-8-12-23)29(25)36-28-14-10-9-13-27(28)34-3/h4,6-14,22,24,33H,1,5,15-21H2,2-3H3. The molecule has 1 N–H and O–H groups in total. The van der Waals surface area contributed by atoms with Crippen molar-refractivity contribution in [1.82, 2.24) is 14.7 Å². The molecule has 4 rings (SSSR count). The molecule has 0 aliphatic heterocycles. The van der Waals surface area contributed by atoms with Gasteiger partial charge in [-0.2, -0.15) is 5.10 Å². The highest BCUT2D eigenvalue weighted by Crippen LogP contribution is 2.37. The summed E-state index contributed by atoms with van der Waals surface area (Å²) in [6.07, 6.45) is 4.33. The topological polar surface area (TPSA) is 69.0 Å². The van der Waals surface area contributed by atoms with Crippen LogP contribution in [-0.2, 0) is 17.7 Å². The zero-order valence-electron chi connectivity index (χ0n) is 21.3. The van der Waals surface area contributed by atoms with E-state index in [0.29, 0.717) is 43.0 Å². The number of ether oxygens (including phenoxy) is 3. The van der Waals surface area contributed by atoms with Crippen molar-refractivity contribution < 1.29 is 19.3 Å². The number of hydrogen-bond donors (Lipinski definition) is 1. The van der Waals surface area contributed by atoms with Crippen molar-refractivity contribution in [2.75, 3.05) is 33.4 Å². The van der Waals surface area contributed by atoms with Crippen molar-refractivity contribution in [1.29, 1.82) is 0 Å². The summed E-state index contributed by atoms with van der Waals surface area (Å²) in [4.78, 5) is 2.31. The van der Waals surface area contributed by atoms with Gasteiger partial charge in [-0.05, 0) is 49.4 Å². The minimum absolute atomic E-state index is 0.279. The van der Waals surface area contributed by atoms with Gasteiger partial charge in [0.2, 0.25) is 5.88 Å². The van der Waals surface area contributed by atoms with E-state index in [2.05, 4.69) is 18.4 Å². The molecule has 192 valence electrons. The number of aromatic nitrogens is 2. The average molecular weight is 492 g/mol. The van der Waals surface area contributed by atoms with Crippen molar-refractivity contribution in [2.45, 2.75) is 38.8 Å². The van der Waals surface area contributed by atoms with Gasteiger partial charge >= 0.3 is 0 Å². The van der Waals surface area contributed by atoms with Crippen LogP contribution in [0.2, 0.25) is 0 Å². The van der Waals surface area contributed by atoms with Gasteiger partial charge in [0, 0.05) is 19.6 Å². The quantitative estimate of drug-likeness (QED) is 0.238. The Bertz CT molecular complexity index is 1110. The van der Waals surface area contributed by atoms with Gasteiger partial charge in [-0.1, -0.05) is 43.3 Å². The van der Waals surface area contributed by atoms with E-state index < -0.39 is 6.10 Å². The maximum Gasteiger partial charge on any atom is 0.227 e. The number of aliphatic hydroxyl groups excluding tert-OH is 1. The lowest BCUT2D eigenvalue weighted by Gasteiger charge is -2.25. The molecule has 1 aliphatic rings. The van der Waals surface area contributed by atoms with Crippen LogP contribution in [0.3, 0.4) is 0 Å². The first kappa shape index (κ1) is 25.9. The molecule has 1 saturated carbocycles. The Hall–Kier alpha value is -3.13. The Morgan fingerprint density at radius 2 is 1.86 bits per heavy atom. The van der Waals surface area contributed by atoms with Crippen molar-refractivity contribution in [3.05, 3.63) is 78.5 Å². The van der Waals surface area contributed by atoms with Gasteiger partial charge in [0.15, 0.2) is 11.5 Å². The second-order valence-corrected chi connectivity index (χ2v) is 9.20.